The molecule has 1 aliphatic rings. The Kier molecular flexibility index (Phi) is 8.19. The minimum Gasteiger partial charge on any atom is -0.423 e. The molecule has 11 heteroatoms. The number of carbonyl (C=O) groups is 2. The van der Waals surface area contributed by atoms with Crippen LogP contribution in [0.1, 0.15) is 38.3 Å². The highest BCUT2D eigenvalue weighted by molar-refractivity contribution is 6.60. The van der Waals surface area contributed by atoms with E-state index in [2.05, 4.69) is 39.9 Å². The first-order valence-corrected chi connectivity index (χ1v) is 14.4. The maximum absolute atomic E-state index is 10.7. The zero-order chi connectivity index (χ0) is 31.5. The predicted molar refractivity (Wildman–Crippen MR) is 174 cm³/mol. The number of nitrogen functional groups attached to an aromatic ring is 1. The Balaban J connectivity index is 0.000000216. The number of nitrogens with two attached hydrogens (primary N) is 2. The van der Waals surface area contributed by atoms with Crippen LogP contribution < -0.4 is 16.9 Å². The topological polar surface area (TPSA) is 170 Å². The highest BCUT2D eigenvalue weighted by atomic mass is 16.4. The Labute approximate surface area is 259 Å². The Morgan fingerprint density at radius 1 is 0.889 bits per heavy atom. The van der Waals surface area contributed by atoms with E-state index in [1.807, 2.05) is 42.5 Å². The van der Waals surface area contributed by atoms with Crippen LogP contribution in [0.15, 0.2) is 97.2 Å². The number of fused-ring (bicyclic) bond motifs is 2. The van der Waals surface area contributed by atoms with E-state index in [1.54, 1.807) is 6.20 Å². The van der Waals surface area contributed by atoms with Crippen molar-refractivity contribution in [1.82, 2.24) is 19.5 Å². The number of aryl methyl sites for hydroxylation is 2. The van der Waals surface area contributed by atoms with Gasteiger partial charge in [0.1, 0.15) is 17.6 Å². The molecule has 0 fully saturated rings. The van der Waals surface area contributed by atoms with E-state index >= 15 is 0 Å². The van der Waals surface area contributed by atoms with Gasteiger partial charge in [-0.25, -0.2) is 15.0 Å². The molecular weight excluding hydrogens is 567 g/mol. The maximum atomic E-state index is 10.7. The van der Waals surface area contributed by atoms with Crippen LogP contribution in [0.2, 0.25) is 0 Å². The molecule has 1 aliphatic carbocycles. The molecule has 0 saturated carbocycles. The summed E-state index contributed by atoms with van der Waals surface area (Å²) < 4.78 is 2.12. The molecule has 0 aliphatic heterocycles. The molecule has 0 unspecified atom stereocenters. The number of primary amides is 1. The molecule has 0 saturated heterocycles. The summed E-state index contributed by atoms with van der Waals surface area (Å²) in [5.74, 6) is 0.548. The largest absolute Gasteiger partial charge is 0.489 e. The lowest BCUT2D eigenvalue weighted by Gasteiger charge is -2.12. The number of imidazole rings is 1. The Hall–Kier alpha value is -5.65. The third-order valence-electron chi connectivity index (χ3n) is 7.77. The van der Waals surface area contributed by atoms with E-state index in [-0.39, 0.29) is 16.6 Å². The molecule has 10 nitrogen and oxygen atoms in total. The number of hydrogen-bond donors (Lipinski definition) is 4. The molecule has 6 N–H and O–H groups in total. The summed E-state index contributed by atoms with van der Waals surface area (Å²) in [7, 11) is -1.74. The van der Waals surface area contributed by atoms with Crippen LogP contribution in [0.25, 0.3) is 39.5 Å². The van der Waals surface area contributed by atoms with Crippen LogP contribution in [0.5, 0.6) is 0 Å². The van der Waals surface area contributed by atoms with Gasteiger partial charge >= 0.3 is 7.12 Å². The molecule has 0 radical (unpaired) electrons. The van der Waals surface area contributed by atoms with Crippen molar-refractivity contribution >= 4 is 41.8 Å². The lowest BCUT2D eigenvalue weighted by Crippen LogP contribution is -2.33. The molecule has 0 bridgehead atoms. The lowest BCUT2D eigenvalue weighted by molar-refractivity contribution is 0.1000. The zero-order valence-electron chi connectivity index (χ0n) is 24.2. The first-order chi connectivity index (χ1) is 21.8. The summed E-state index contributed by atoms with van der Waals surface area (Å²) in [6.07, 6.45) is 5.61. The smallest absolute Gasteiger partial charge is 0.423 e. The molecule has 222 valence electrons. The van der Waals surface area contributed by atoms with Crippen LogP contribution in [-0.4, -0.2) is 48.9 Å². The van der Waals surface area contributed by atoms with E-state index in [0.29, 0.717) is 12.1 Å². The number of carbonyl (C=O) groups excluding carboxylic acids is 2. The van der Waals surface area contributed by atoms with Crippen LogP contribution in [-0.2, 0) is 12.8 Å². The molecule has 45 heavy (non-hydrogen) atoms. The maximum Gasteiger partial charge on any atom is 0.489 e. The first-order valence-electron chi connectivity index (χ1n) is 14.4. The lowest BCUT2D eigenvalue weighted by atomic mass is 9.77. The second kappa shape index (κ2) is 12.5. The Bertz CT molecular complexity index is 2040. The summed E-state index contributed by atoms with van der Waals surface area (Å²) in [5.41, 5.74) is 19.8. The van der Waals surface area contributed by atoms with Crippen molar-refractivity contribution in [2.45, 2.75) is 19.3 Å². The molecule has 0 spiro atoms. The number of amides is 1. The van der Waals surface area contributed by atoms with Gasteiger partial charge in [-0.3, -0.25) is 14.2 Å². The van der Waals surface area contributed by atoms with Crippen LogP contribution in [0.4, 0.5) is 5.82 Å². The fourth-order valence-corrected chi connectivity index (χ4v) is 5.52. The number of hydrogen-bond acceptors (Lipinski definition) is 8. The minimum atomic E-state index is -1.74. The average molecular weight is 596 g/mol. The molecule has 3 aromatic heterocycles. The number of benzene rings is 3. The van der Waals surface area contributed by atoms with Crippen LogP contribution in [0, 0.1) is 0 Å². The SMILES string of the molecule is NC(=O)c1ccc(B(O)O)c(C=O)c1.Nc1ncccc1-c1nc2ccc(-c3ccccc3)nc2n1-c1ccc2c(c1)CCC2. The van der Waals surface area contributed by atoms with E-state index in [0.717, 1.165) is 52.3 Å². The summed E-state index contributed by atoms with van der Waals surface area (Å²) in [5, 5.41) is 17.7. The highest BCUT2D eigenvalue weighted by Crippen LogP contribution is 2.33. The standard InChI is InChI=1S/C26H21N5.C8H8BNO4/c27-24-21(10-5-15-28-24)25-30-23-14-13-22(18-6-2-1-3-7-18)29-26(23)31(25)20-12-11-17-8-4-9-19(17)16-20;10-8(12)5-1-2-7(9(13)14)6(3-5)4-11/h1-3,5-7,10-16H,4,8-9H2,(H2,27,28);1-4,13-14H,(H2,10,12). The van der Waals surface area contributed by atoms with Crippen molar-refractivity contribution in [3.05, 3.63) is 119 Å². The molecular formula is C34H29BN6O4. The van der Waals surface area contributed by atoms with Crippen molar-refractivity contribution in [3.8, 4) is 28.3 Å². The van der Waals surface area contributed by atoms with E-state index in [9.17, 15) is 9.59 Å². The van der Waals surface area contributed by atoms with Crippen molar-refractivity contribution in [3.63, 3.8) is 0 Å². The first kappa shape index (κ1) is 29.4. The number of aromatic nitrogens is 4. The van der Waals surface area contributed by atoms with Crippen molar-refractivity contribution < 1.29 is 19.6 Å². The van der Waals surface area contributed by atoms with Gasteiger partial charge in [0.05, 0.1) is 11.3 Å². The summed E-state index contributed by atoms with van der Waals surface area (Å²) >= 11 is 0. The van der Waals surface area contributed by atoms with Crippen molar-refractivity contribution in [2.24, 2.45) is 5.73 Å². The third kappa shape index (κ3) is 5.94. The monoisotopic (exact) mass is 596 g/mol. The van der Waals surface area contributed by atoms with E-state index in [4.69, 9.17) is 31.5 Å². The quantitative estimate of drug-likeness (QED) is 0.167. The highest BCUT2D eigenvalue weighted by Gasteiger charge is 2.20. The summed E-state index contributed by atoms with van der Waals surface area (Å²) in [4.78, 5) is 35.5. The zero-order valence-corrected chi connectivity index (χ0v) is 24.2. The van der Waals surface area contributed by atoms with Gasteiger partial charge in [-0.05, 0) is 84.4 Å². The fourth-order valence-electron chi connectivity index (χ4n) is 5.52. The number of anilines is 1. The van der Waals surface area contributed by atoms with Crippen LogP contribution in [0.3, 0.4) is 0 Å². The number of nitrogens with zero attached hydrogens (tertiary/aromatic N) is 4. The van der Waals surface area contributed by atoms with Crippen molar-refractivity contribution in [1.29, 1.82) is 0 Å². The molecule has 3 aromatic carbocycles. The number of aldehydes is 1. The van der Waals surface area contributed by atoms with Gasteiger partial charge < -0.3 is 21.5 Å². The van der Waals surface area contributed by atoms with Crippen molar-refractivity contribution in [2.75, 3.05) is 5.73 Å². The average Bonchev–Trinajstić information content (AvgIpc) is 3.69. The van der Waals surface area contributed by atoms with E-state index < -0.39 is 13.0 Å². The van der Waals surface area contributed by atoms with E-state index in [1.165, 1.54) is 35.7 Å². The number of pyridine rings is 2. The van der Waals surface area contributed by atoms with Gasteiger partial charge in [-0.15, -0.1) is 0 Å². The Morgan fingerprint density at radius 3 is 2.42 bits per heavy atom. The second-order valence-corrected chi connectivity index (χ2v) is 10.6. The second-order valence-electron chi connectivity index (χ2n) is 10.6. The minimum absolute atomic E-state index is 0.0382. The van der Waals surface area contributed by atoms with Gasteiger partial charge in [-0.1, -0.05) is 42.5 Å². The van der Waals surface area contributed by atoms with Crippen LogP contribution >= 0.6 is 0 Å². The van der Waals surface area contributed by atoms with Gasteiger partial charge in [-0.2, -0.15) is 0 Å². The molecule has 1 amide bonds. The van der Waals surface area contributed by atoms with Gasteiger partial charge in [0.2, 0.25) is 5.91 Å². The molecule has 7 rings (SSSR count). The summed E-state index contributed by atoms with van der Waals surface area (Å²) in [6.45, 7) is 0. The normalized spacial score (nSPS) is 11.9. The third-order valence-corrected chi connectivity index (χ3v) is 7.77. The van der Waals surface area contributed by atoms with Gasteiger partial charge in [0.15, 0.2) is 11.5 Å². The number of rotatable bonds is 6. The predicted octanol–water partition coefficient (Wildman–Crippen LogP) is 3.50. The van der Waals surface area contributed by atoms with Gasteiger partial charge in [0, 0.05) is 28.6 Å². The fraction of sp³-hybridized carbons (Fsp3) is 0.0882. The Morgan fingerprint density at radius 2 is 1.69 bits per heavy atom. The summed E-state index contributed by atoms with van der Waals surface area (Å²) in [6, 6.07) is 28.6. The molecule has 6 aromatic rings. The van der Waals surface area contributed by atoms with Gasteiger partial charge in [0.25, 0.3) is 0 Å². The molecule has 0 atom stereocenters. The molecule has 3 heterocycles.